The van der Waals surface area contributed by atoms with E-state index < -0.39 is 9.84 Å². The van der Waals surface area contributed by atoms with Crippen LogP contribution in [0, 0.1) is 13.8 Å². The van der Waals surface area contributed by atoms with Crippen LogP contribution in [0.1, 0.15) is 36.8 Å². The molecule has 1 aromatic heterocycles. The van der Waals surface area contributed by atoms with Crippen molar-refractivity contribution in [2.75, 3.05) is 44.7 Å². The molecule has 2 heterocycles. The number of nitrogens with zero attached hydrogens (tertiary/aromatic N) is 3. The summed E-state index contributed by atoms with van der Waals surface area (Å²) in [6.07, 6.45) is 4.07. The molecule has 0 aromatic carbocycles. The van der Waals surface area contributed by atoms with Crippen molar-refractivity contribution in [3.63, 3.8) is 0 Å². The fourth-order valence-electron chi connectivity index (χ4n) is 3.25. The molecule has 1 aliphatic heterocycles. The highest BCUT2D eigenvalue weighted by atomic mass is 127. The van der Waals surface area contributed by atoms with Crippen molar-refractivity contribution < 1.29 is 12.9 Å². The second-order valence-electron chi connectivity index (χ2n) is 7.20. The van der Waals surface area contributed by atoms with E-state index in [1.165, 1.54) is 6.26 Å². The highest BCUT2D eigenvalue weighted by Gasteiger charge is 2.20. The van der Waals surface area contributed by atoms with Crippen LogP contribution < -0.4 is 10.6 Å². The van der Waals surface area contributed by atoms with Gasteiger partial charge in [0.25, 0.3) is 0 Å². The number of piperidine rings is 1. The van der Waals surface area contributed by atoms with E-state index in [0.717, 1.165) is 61.9 Å². The van der Waals surface area contributed by atoms with Gasteiger partial charge in [0.1, 0.15) is 15.6 Å². The predicted molar refractivity (Wildman–Crippen MR) is 123 cm³/mol. The molecule has 162 valence electrons. The van der Waals surface area contributed by atoms with Crippen molar-refractivity contribution in [3.8, 4) is 0 Å². The number of hydrogen-bond acceptors (Lipinski definition) is 6. The van der Waals surface area contributed by atoms with Crippen LogP contribution >= 0.6 is 24.0 Å². The highest BCUT2D eigenvalue weighted by Crippen LogP contribution is 2.13. The van der Waals surface area contributed by atoms with Crippen molar-refractivity contribution >= 4 is 39.8 Å². The topological polar surface area (TPSA) is 99.8 Å². The van der Waals surface area contributed by atoms with Gasteiger partial charge in [-0.3, -0.25) is 4.99 Å². The maximum absolute atomic E-state index is 11.3. The smallest absolute Gasteiger partial charge is 0.191 e. The molecule has 0 unspecified atom stereocenters. The van der Waals surface area contributed by atoms with E-state index in [2.05, 4.69) is 32.6 Å². The van der Waals surface area contributed by atoms with Crippen LogP contribution in [0.4, 0.5) is 0 Å². The van der Waals surface area contributed by atoms with Crippen LogP contribution in [0.3, 0.4) is 0 Å². The standard InChI is InChI=1S/C18H33N5O3S.HI/c1-5-19-18(20-9-6-17-14(2)22-26-15(17)3)21-16-7-10-23(11-8-16)12-13-27(4,24)25;/h16H,5-13H2,1-4H3,(H2,19,20,21);1H. The monoisotopic (exact) mass is 527 g/mol. The third kappa shape index (κ3) is 8.64. The first-order chi connectivity index (χ1) is 12.8. The number of likely N-dealkylation sites (tertiary alicyclic amines) is 1. The molecule has 0 aliphatic carbocycles. The molecule has 0 spiro atoms. The quantitative estimate of drug-likeness (QED) is 0.301. The Morgan fingerprint density at radius 3 is 2.54 bits per heavy atom. The van der Waals surface area contributed by atoms with Gasteiger partial charge in [0.05, 0.1) is 11.4 Å². The zero-order chi connectivity index (χ0) is 19.9. The molecule has 28 heavy (non-hydrogen) atoms. The Balaban J connectivity index is 0.00000392. The Bertz CT molecular complexity index is 708. The number of guanidine groups is 1. The summed E-state index contributed by atoms with van der Waals surface area (Å²) in [6.45, 7) is 9.86. The molecular formula is C18H34IN5O3S. The highest BCUT2D eigenvalue weighted by molar-refractivity contribution is 14.0. The fraction of sp³-hybridized carbons (Fsp3) is 0.778. The number of hydrogen-bond donors (Lipinski definition) is 2. The normalized spacial score (nSPS) is 16.6. The lowest BCUT2D eigenvalue weighted by Gasteiger charge is -2.32. The van der Waals surface area contributed by atoms with E-state index in [9.17, 15) is 8.42 Å². The Kier molecular flexibility index (Phi) is 10.7. The SMILES string of the molecule is CCNC(=NCCc1c(C)noc1C)NC1CCN(CCS(C)(=O)=O)CC1.I. The molecule has 1 aliphatic rings. The molecule has 0 atom stereocenters. The van der Waals surface area contributed by atoms with Crippen molar-refractivity contribution in [1.82, 2.24) is 20.7 Å². The molecule has 0 amide bonds. The Labute approximate surface area is 185 Å². The molecule has 0 radical (unpaired) electrons. The minimum atomic E-state index is -2.90. The summed E-state index contributed by atoms with van der Waals surface area (Å²) in [4.78, 5) is 6.91. The lowest BCUT2D eigenvalue weighted by molar-refractivity contribution is 0.216. The fourth-order valence-corrected chi connectivity index (χ4v) is 3.84. The summed E-state index contributed by atoms with van der Waals surface area (Å²) >= 11 is 0. The summed E-state index contributed by atoms with van der Waals surface area (Å²) in [5.74, 6) is 1.93. The molecule has 0 bridgehead atoms. The van der Waals surface area contributed by atoms with Crippen molar-refractivity contribution in [3.05, 3.63) is 17.0 Å². The molecule has 2 N–H and O–H groups in total. The van der Waals surface area contributed by atoms with Crippen LogP contribution in [-0.4, -0.2) is 75.2 Å². The summed E-state index contributed by atoms with van der Waals surface area (Å²) in [6, 6.07) is 0.358. The van der Waals surface area contributed by atoms with Gasteiger partial charge in [-0.25, -0.2) is 8.42 Å². The van der Waals surface area contributed by atoms with Gasteiger partial charge in [-0.2, -0.15) is 0 Å². The van der Waals surface area contributed by atoms with Crippen LogP contribution in [0.15, 0.2) is 9.52 Å². The number of halogens is 1. The van der Waals surface area contributed by atoms with E-state index in [1.54, 1.807) is 0 Å². The lowest BCUT2D eigenvalue weighted by Crippen LogP contribution is -2.49. The average molecular weight is 527 g/mol. The van der Waals surface area contributed by atoms with Gasteiger partial charge >= 0.3 is 0 Å². The zero-order valence-corrected chi connectivity index (χ0v) is 20.5. The minimum absolute atomic E-state index is 0. The van der Waals surface area contributed by atoms with Crippen molar-refractivity contribution in [2.24, 2.45) is 4.99 Å². The van der Waals surface area contributed by atoms with Gasteiger partial charge in [-0.15, -0.1) is 24.0 Å². The Hall–Kier alpha value is -0.880. The molecule has 2 rings (SSSR count). The maximum atomic E-state index is 11.3. The predicted octanol–water partition coefficient (Wildman–Crippen LogP) is 1.52. The van der Waals surface area contributed by atoms with Gasteiger partial charge < -0.3 is 20.1 Å². The largest absolute Gasteiger partial charge is 0.361 e. The second kappa shape index (κ2) is 12.0. The van der Waals surface area contributed by atoms with E-state index in [4.69, 9.17) is 4.52 Å². The Morgan fingerprint density at radius 2 is 2.00 bits per heavy atom. The first-order valence-corrected chi connectivity index (χ1v) is 11.7. The number of aryl methyl sites for hydroxylation is 2. The molecule has 8 nitrogen and oxygen atoms in total. The molecule has 0 saturated carbocycles. The van der Waals surface area contributed by atoms with E-state index in [0.29, 0.717) is 19.1 Å². The number of rotatable bonds is 8. The van der Waals surface area contributed by atoms with Crippen LogP contribution in [0.25, 0.3) is 0 Å². The summed E-state index contributed by atoms with van der Waals surface area (Å²) in [5.41, 5.74) is 2.07. The van der Waals surface area contributed by atoms with Crippen LogP contribution in [0.5, 0.6) is 0 Å². The van der Waals surface area contributed by atoms with Gasteiger partial charge in [-0.1, -0.05) is 5.16 Å². The van der Waals surface area contributed by atoms with E-state index in [1.807, 2.05) is 13.8 Å². The first-order valence-electron chi connectivity index (χ1n) is 9.65. The average Bonchev–Trinajstić information content (AvgIpc) is 2.92. The van der Waals surface area contributed by atoms with Crippen molar-refractivity contribution in [1.29, 1.82) is 0 Å². The summed E-state index contributed by atoms with van der Waals surface area (Å²) in [7, 11) is -2.90. The molecular weight excluding hydrogens is 493 g/mol. The lowest BCUT2D eigenvalue weighted by atomic mass is 10.1. The molecule has 1 aromatic rings. The van der Waals surface area contributed by atoms with Gasteiger partial charge in [-0.05, 0) is 40.0 Å². The molecule has 1 fully saturated rings. The van der Waals surface area contributed by atoms with Crippen LogP contribution in [-0.2, 0) is 16.3 Å². The Morgan fingerprint density at radius 1 is 1.32 bits per heavy atom. The van der Waals surface area contributed by atoms with Gasteiger partial charge in [0.15, 0.2) is 5.96 Å². The van der Waals surface area contributed by atoms with Gasteiger partial charge in [0.2, 0.25) is 0 Å². The molecule has 1 saturated heterocycles. The third-order valence-electron chi connectivity index (χ3n) is 4.86. The minimum Gasteiger partial charge on any atom is -0.361 e. The first kappa shape index (κ1) is 25.2. The maximum Gasteiger partial charge on any atom is 0.191 e. The summed E-state index contributed by atoms with van der Waals surface area (Å²) in [5, 5.41) is 10.8. The van der Waals surface area contributed by atoms with Gasteiger partial charge in [0, 0.05) is 50.6 Å². The number of aliphatic imine (C=N–C) groups is 1. The van der Waals surface area contributed by atoms with E-state index in [-0.39, 0.29) is 29.7 Å². The van der Waals surface area contributed by atoms with E-state index >= 15 is 0 Å². The third-order valence-corrected chi connectivity index (χ3v) is 5.79. The summed E-state index contributed by atoms with van der Waals surface area (Å²) < 4.78 is 27.8. The second-order valence-corrected chi connectivity index (χ2v) is 9.46. The number of sulfone groups is 1. The zero-order valence-electron chi connectivity index (χ0n) is 17.3. The van der Waals surface area contributed by atoms with Crippen molar-refractivity contribution in [2.45, 2.75) is 46.1 Å². The van der Waals surface area contributed by atoms with Crippen LogP contribution in [0.2, 0.25) is 0 Å². The number of aromatic nitrogens is 1. The number of nitrogens with one attached hydrogen (secondary N) is 2. The molecule has 10 heteroatoms.